The summed E-state index contributed by atoms with van der Waals surface area (Å²) in [5.41, 5.74) is 1.33. The lowest BCUT2D eigenvalue weighted by Crippen LogP contribution is -2.50. The molecule has 30 heavy (non-hydrogen) atoms. The molecule has 1 N–H and O–H groups in total. The Morgan fingerprint density at radius 3 is 2.77 bits per heavy atom. The van der Waals surface area contributed by atoms with Gasteiger partial charge in [0.1, 0.15) is 10.5 Å². The molecule has 4 rings (SSSR count). The number of amides is 1. The van der Waals surface area contributed by atoms with Gasteiger partial charge in [-0.1, -0.05) is 11.3 Å². The highest BCUT2D eigenvalue weighted by atomic mass is 32.1. The molecular formula is C20H18N6O3S. The molecular weight excluding hydrogens is 404 g/mol. The second-order valence-electron chi connectivity index (χ2n) is 7.04. The van der Waals surface area contributed by atoms with E-state index in [4.69, 9.17) is 4.74 Å². The number of benzene rings is 1. The van der Waals surface area contributed by atoms with Crippen molar-refractivity contribution in [3.63, 3.8) is 0 Å². The summed E-state index contributed by atoms with van der Waals surface area (Å²) in [6, 6.07) is 9.48. The molecule has 0 aliphatic heterocycles. The summed E-state index contributed by atoms with van der Waals surface area (Å²) in [6.07, 6.45) is 5.35. The van der Waals surface area contributed by atoms with Crippen LogP contribution >= 0.6 is 11.3 Å². The van der Waals surface area contributed by atoms with Crippen LogP contribution in [0.2, 0.25) is 0 Å². The van der Waals surface area contributed by atoms with Gasteiger partial charge in [0.2, 0.25) is 5.01 Å². The number of nitrogens with one attached hydrogen (secondary N) is 1. The van der Waals surface area contributed by atoms with Crippen LogP contribution in [0.15, 0.2) is 48.9 Å². The van der Waals surface area contributed by atoms with E-state index in [1.807, 2.05) is 36.5 Å². The standard InChI is InChI=1S/C20H18N6O3S/c1-20(2,19(28)29-3)22-16(27)18-24-23-17(30-18)12-6-7-15-13(9-12)11-26(25-15)14-5-4-8-21-10-14/h4-11H,1-3H3,(H,22,27). The van der Waals surface area contributed by atoms with E-state index >= 15 is 0 Å². The van der Waals surface area contributed by atoms with Crippen molar-refractivity contribution >= 4 is 34.1 Å². The summed E-state index contributed by atoms with van der Waals surface area (Å²) >= 11 is 1.14. The van der Waals surface area contributed by atoms with Gasteiger partial charge in [0.05, 0.1) is 24.5 Å². The maximum atomic E-state index is 12.5. The van der Waals surface area contributed by atoms with E-state index < -0.39 is 17.4 Å². The molecule has 0 atom stereocenters. The molecule has 0 fully saturated rings. The zero-order valence-electron chi connectivity index (χ0n) is 16.5. The zero-order chi connectivity index (χ0) is 21.3. The molecule has 4 aromatic rings. The Hall–Kier alpha value is -3.66. The molecule has 0 bridgehead atoms. The molecule has 0 radical (unpaired) electrons. The van der Waals surface area contributed by atoms with Gasteiger partial charge in [-0.05, 0) is 44.2 Å². The van der Waals surface area contributed by atoms with E-state index in [0.29, 0.717) is 5.01 Å². The summed E-state index contributed by atoms with van der Waals surface area (Å²) in [6.45, 7) is 3.12. The number of esters is 1. The Bertz CT molecular complexity index is 1230. The van der Waals surface area contributed by atoms with Crippen LogP contribution in [0, 0.1) is 0 Å². The average Bonchev–Trinajstić information content (AvgIpc) is 3.40. The molecule has 152 valence electrons. The first kappa shape index (κ1) is 19.6. The van der Waals surface area contributed by atoms with E-state index in [-0.39, 0.29) is 5.01 Å². The molecule has 1 amide bonds. The maximum Gasteiger partial charge on any atom is 0.330 e. The van der Waals surface area contributed by atoms with E-state index in [2.05, 4.69) is 25.6 Å². The highest BCUT2D eigenvalue weighted by Gasteiger charge is 2.32. The van der Waals surface area contributed by atoms with Gasteiger partial charge in [-0.3, -0.25) is 9.78 Å². The second-order valence-corrected chi connectivity index (χ2v) is 8.02. The van der Waals surface area contributed by atoms with Crippen molar-refractivity contribution < 1.29 is 14.3 Å². The smallest absolute Gasteiger partial charge is 0.330 e. The van der Waals surface area contributed by atoms with Crippen molar-refractivity contribution in [3.05, 3.63) is 53.9 Å². The predicted molar refractivity (Wildman–Crippen MR) is 111 cm³/mol. The summed E-state index contributed by atoms with van der Waals surface area (Å²) in [4.78, 5) is 28.4. The summed E-state index contributed by atoms with van der Waals surface area (Å²) < 4.78 is 6.46. The maximum absolute atomic E-state index is 12.5. The minimum Gasteiger partial charge on any atom is -0.467 e. The van der Waals surface area contributed by atoms with Crippen LogP contribution < -0.4 is 5.32 Å². The fourth-order valence-corrected chi connectivity index (χ4v) is 3.59. The third kappa shape index (κ3) is 3.77. The van der Waals surface area contributed by atoms with Crippen molar-refractivity contribution in [1.82, 2.24) is 30.3 Å². The van der Waals surface area contributed by atoms with Crippen LogP contribution in [-0.4, -0.2) is 49.5 Å². The third-order valence-corrected chi connectivity index (χ3v) is 5.37. The van der Waals surface area contributed by atoms with Gasteiger partial charge in [0.25, 0.3) is 5.91 Å². The quantitative estimate of drug-likeness (QED) is 0.492. The molecule has 9 nitrogen and oxygen atoms in total. The van der Waals surface area contributed by atoms with Gasteiger partial charge in [-0.15, -0.1) is 10.2 Å². The minimum absolute atomic E-state index is 0.160. The number of fused-ring (bicyclic) bond motifs is 1. The van der Waals surface area contributed by atoms with Crippen molar-refractivity contribution in [3.8, 4) is 16.3 Å². The molecule has 0 aliphatic rings. The number of aromatic nitrogens is 5. The Morgan fingerprint density at radius 2 is 2.03 bits per heavy atom. The van der Waals surface area contributed by atoms with Gasteiger partial charge in [0.15, 0.2) is 0 Å². The zero-order valence-corrected chi connectivity index (χ0v) is 17.3. The van der Waals surface area contributed by atoms with Crippen LogP contribution in [0.1, 0.15) is 23.6 Å². The van der Waals surface area contributed by atoms with Crippen LogP contribution in [0.25, 0.3) is 27.2 Å². The summed E-state index contributed by atoms with van der Waals surface area (Å²) in [5, 5.41) is 16.9. The van der Waals surface area contributed by atoms with Gasteiger partial charge in [0, 0.05) is 23.3 Å². The number of methoxy groups -OCH3 is 1. The molecule has 0 saturated carbocycles. The topological polar surface area (TPSA) is 112 Å². The summed E-state index contributed by atoms with van der Waals surface area (Å²) in [7, 11) is 1.27. The number of rotatable bonds is 5. The Balaban J connectivity index is 1.58. The molecule has 3 aromatic heterocycles. The van der Waals surface area contributed by atoms with Gasteiger partial charge >= 0.3 is 5.97 Å². The highest BCUT2D eigenvalue weighted by molar-refractivity contribution is 7.16. The first-order chi connectivity index (χ1) is 14.4. The van der Waals surface area contributed by atoms with Crippen molar-refractivity contribution in [2.24, 2.45) is 0 Å². The molecule has 1 aromatic carbocycles. The predicted octanol–water partition coefficient (Wildman–Crippen LogP) is 2.62. The van der Waals surface area contributed by atoms with Gasteiger partial charge < -0.3 is 10.1 Å². The van der Waals surface area contributed by atoms with E-state index in [1.165, 1.54) is 7.11 Å². The van der Waals surface area contributed by atoms with Crippen molar-refractivity contribution in [2.75, 3.05) is 7.11 Å². The third-order valence-electron chi connectivity index (χ3n) is 4.40. The van der Waals surface area contributed by atoms with Gasteiger partial charge in [-0.25, -0.2) is 9.48 Å². The Morgan fingerprint density at radius 1 is 1.20 bits per heavy atom. The average molecular weight is 422 g/mol. The molecule has 10 heteroatoms. The Labute approximate surface area is 175 Å². The molecule has 0 aliphatic carbocycles. The first-order valence-electron chi connectivity index (χ1n) is 9.02. The van der Waals surface area contributed by atoms with E-state index in [0.717, 1.165) is 33.5 Å². The number of carbonyl (C=O) groups excluding carboxylic acids is 2. The van der Waals surface area contributed by atoms with Crippen molar-refractivity contribution in [2.45, 2.75) is 19.4 Å². The van der Waals surface area contributed by atoms with Crippen LogP contribution in [0.3, 0.4) is 0 Å². The highest BCUT2D eigenvalue weighted by Crippen LogP contribution is 2.27. The normalized spacial score (nSPS) is 11.4. The van der Waals surface area contributed by atoms with Crippen LogP contribution in [-0.2, 0) is 9.53 Å². The van der Waals surface area contributed by atoms with Crippen LogP contribution in [0.4, 0.5) is 0 Å². The number of carbonyl (C=O) groups is 2. The largest absolute Gasteiger partial charge is 0.467 e. The first-order valence-corrected chi connectivity index (χ1v) is 9.84. The molecule has 0 spiro atoms. The van der Waals surface area contributed by atoms with E-state index in [9.17, 15) is 9.59 Å². The summed E-state index contributed by atoms with van der Waals surface area (Å²) in [5.74, 6) is -1.03. The number of hydrogen-bond acceptors (Lipinski definition) is 8. The van der Waals surface area contributed by atoms with Gasteiger partial charge in [-0.2, -0.15) is 5.10 Å². The SMILES string of the molecule is COC(=O)C(C)(C)NC(=O)c1nnc(-c2ccc3nn(-c4cccnc4)cc3c2)s1. The van der Waals surface area contributed by atoms with Crippen molar-refractivity contribution in [1.29, 1.82) is 0 Å². The molecule has 0 saturated heterocycles. The second kappa shape index (κ2) is 7.64. The number of ether oxygens (including phenoxy) is 1. The van der Waals surface area contributed by atoms with E-state index in [1.54, 1.807) is 30.9 Å². The lowest BCUT2D eigenvalue weighted by atomic mass is 10.1. The monoisotopic (exact) mass is 422 g/mol. The molecule has 0 unspecified atom stereocenters. The minimum atomic E-state index is -1.17. The van der Waals surface area contributed by atoms with Crippen LogP contribution in [0.5, 0.6) is 0 Å². The number of nitrogens with zero attached hydrogens (tertiary/aromatic N) is 5. The number of hydrogen-bond donors (Lipinski definition) is 1. The lowest BCUT2D eigenvalue weighted by Gasteiger charge is -2.22. The lowest BCUT2D eigenvalue weighted by molar-refractivity contribution is -0.146. The number of pyridine rings is 1. The fraction of sp³-hybridized carbons (Fsp3) is 0.200. The molecule has 3 heterocycles. The Kier molecular flexibility index (Phi) is 5.00. The fourth-order valence-electron chi connectivity index (χ4n) is 2.86.